The molecule has 6 nitrogen and oxygen atoms in total. The van der Waals surface area contributed by atoms with E-state index in [1.165, 1.54) is 11.3 Å². The number of methoxy groups -OCH3 is 2. The largest absolute Gasteiger partial charge is 0.497 e. The van der Waals surface area contributed by atoms with E-state index < -0.39 is 6.10 Å². The number of fused-ring (bicyclic) bond motifs is 1. The molecule has 1 heterocycles. The molecule has 0 fully saturated rings. The van der Waals surface area contributed by atoms with Gasteiger partial charge in [-0.15, -0.1) is 0 Å². The van der Waals surface area contributed by atoms with Gasteiger partial charge in [-0.2, -0.15) is 0 Å². The first-order chi connectivity index (χ1) is 13.2. The van der Waals surface area contributed by atoms with Crippen molar-refractivity contribution >= 4 is 11.6 Å². The quantitative estimate of drug-likeness (QED) is 0.605. The Labute approximate surface area is 160 Å². The number of anilines is 1. The van der Waals surface area contributed by atoms with Crippen LogP contribution >= 0.6 is 0 Å². The number of para-hydroxylation sites is 1. The molecule has 0 bridgehead atoms. The highest BCUT2D eigenvalue weighted by Crippen LogP contribution is 2.29. The number of guanidine groups is 1. The van der Waals surface area contributed by atoms with Crippen molar-refractivity contribution < 1.29 is 14.6 Å². The molecular formula is C21H27N3O3. The van der Waals surface area contributed by atoms with Gasteiger partial charge in [0.25, 0.3) is 0 Å². The first-order valence-electron chi connectivity index (χ1n) is 9.21. The zero-order valence-corrected chi connectivity index (χ0v) is 16.1. The molecule has 0 aliphatic carbocycles. The number of aliphatic hydroxyl groups excluding tert-OH is 1. The maximum absolute atomic E-state index is 10.7. The average molecular weight is 369 g/mol. The van der Waals surface area contributed by atoms with Crippen molar-refractivity contribution in [3.05, 3.63) is 53.6 Å². The van der Waals surface area contributed by atoms with Gasteiger partial charge >= 0.3 is 0 Å². The molecule has 3 rings (SSSR count). The third kappa shape index (κ3) is 4.34. The fourth-order valence-corrected chi connectivity index (χ4v) is 3.25. The summed E-state index contributed by atoms with van der Waals surface area (Å²) in [6.07, 6.45) is 0.247. The van der Waals surface area contributed by atoms with Crippen LogP contribution < -0.4 is 19.7 Å². The molecule has 0 amide bonds. The van der Waals surface area contributed by atoms with Crippen molar-refractivity contribution in [2.24, 2.45) is 4.99 Å². The molecular weight excluding hydrogens is 342 g/mol. The number of benzene rings is 2. The van der Waals surface area contributed by atoms with Gasteiger partial charge in [0.1, 0.15) is 11.5 Å². The van der Waals surface area contributed by atoms with Gasteiger partial charge in [0.2, 0.25) is 0 Å². The molecule has 0 saturated heterocycles. The van der Waals surface area contributed by atoms with Gasteiger partial charge in [0.15, 0.2) is 5.96 Å². The van der Waals surface area contributed by atoms with E-state index in [0.29, 0.717) is 17.1 Å². The van der Waals surface area contributed by atoms with Crippen LogP contribution in [0.5, 0.6) is 11.5 Å². The van der Waals surface area contributed by atoms with Crippen LogP contribution in [0.15, 0.2) is 47.5 Å². The Morgan fingerprint density at radius 1 is 1.19 bits per heavy atom. The lowest BCUT2D eigenvalue weighted by atomic mass is 10.1. The second kappa shape index (κ2) is 8.77. The summed E-state index contributed by atoms with van der Waals surface area (Å²) in [7, 11) is 3.19. The Morgan fingerprint density at radius 2 is 1.89 bits per heavy atom. The number of rotatable bonds is 6. The molecule has 0 saturated carbocycles. The second-order valence-corrected chi connectivity index (χ2v) is 6.39. The summed E-state index contributed by atoms with van der Waals surface area (Å²) in [5.41, 5.74) is 3.21. The fraction of sp³-hybridized carbons (Fsp3) is 0.381. The number of nitrogens with zero attached hydrogens (tertiary/aromatic N) is 2. The molecule has 6 heteroatoms. The zero-order valence-electron chi connectivity index (χ0n) is 16.1. The molecule has 0 aromatic heterocycles. The summed E-state index contributed by atoms with van der Waals surface area (Å²) in [5.74, 6) is 2.08. The first kappa shape index (κ1) is 19.0. The monoisotopic (exact) mass is 369 g/mol. The summed E-state index contributed by atoms with van der Waals surface area (Å²) in [6.45, 7) is 3.94. The van der Waals surface area contributed by atoms with Gasteiger partial charge in [-0.05, 0) is 42.7 Å². The maximum atomic E-state index is 10.7. The van der Waals surface area contributed by atoms with Gasteiger partial charge in [-0.1, -0.05) is 18.2 Å². The lowest BCUT2D eigenvalue weighted by molar-refractivity contribution is 0.186. The molecule has 0 spiro atoms. The molecule has 2 aromatic rings. The van der Waals surface area contributed by atoms with E-state index in [2.05, 4.69) is 33.4 Å². The maximum Gasteiger partial charge on any atom is 0.198 e. The lowest BCUT2D eigenvalue weighted by Gasteiger charge is -2.23. The van der Waals surface area contributed by atoms with Gasteiger partial charge in [-0.3, -0.25) is 0 Å². The SMILES string of the molecule is CCNC(=NCC(O)c1cc(OC)cc(OC)c1)N1CCc2ccccc21. The van der Waals surface area contributed by atoms with Crippen LogP contribution in [-0.4, -0.2) is 44.9 Å². The molecule has 0 radical (unpaired) electrons. The molecule has 1 unspecified atom stereocenters. The van der Waals surface area contributed by atoms with Gasteiger partial charge in [-0.25, -0.2) is 4.99 Å². The molecule has 144 valence electrons. The fourth-order valence-electron chi connectivity index (χ4n) is 3.25. The van der Waals surface area contributed by atoms with Crippen molar-refractivity contribution in [3.8, 4) is 11.5 Å². The highest BCUT2D eigenvalue weighted by atomic mass is 16.5. The molecule has 1 aliphatic heterocycles. The van der Waals surface area contributed by atoms with Crippen LogP contribution in [0.25, 0.3) is 0 Å². The van der Waals surface area contributed by atoms with E-state index in [-0.39, 0.29) is 6.54 Å². The first-order valence-corrected chi connectivity index (χ1v) is 9.21. The molecule has 1 aliphatic rings. The number of hydrogen-bond donors (Lipinski definition) is 2. The van der Waals surface area contributed by atoms with Crippen molar-refractivity contribution in [2.75, 3.05) is 38.8 Å². The Hall–Kier alpha value is -2.73. The highest BCUT2D eigenvalue weighted by Gasteiger charge is 2.22. The van der Waals surface area contributed by atoms with Crippen molar-refractivity contribution in [2.45, 2.75) is 19.4 Å². The number of aliphatic hydroxyl groups is 1. The summed E-state index contributed by atoms with van der Waals surface area (Å²) in [6, 6.07) is 13.8. The summed E-state index contributed by atoms with van der Waals surface area (Å²) < 4.78 is 10.6. The van der Waals surface area contributed by atoms with Gasteiger partial charge in [0.05, 0.1) is 26.9 Å². The molecule has 27 heavy (non-hydrogen) atoms. The predicted octanol–water partition coefficient (Wildman–Crippen LogP) is 2.77. The van der Waals surface area contributed by atoms with E-state index in [1.807, 2.05) is 13.0 Å². The Bertz CT molecular complexity index is 785. The van der Waals surface area contributed by atoms with Crippen LogP contribution in [0, 0.1) is 0 Å². The third-order valence-corrected chi connectivity index (χ3v) is 4.65. The molecule has 2 N–H and O–H groups in total. The number of nitrogens with one attached hydrogen (secondary N) is 1. The number of hydrogen-bond acceptors (Lipinski definition) is 4. The lowest BCUT2D eigenvalue weighted by Crippen LogP contribution is -2.40. The predicted molar refractivity (Wildman–Crippen MR) is 108 cm³/mol. The highest BCUT2D eigenvalue weighted by molar-refractivity contribution is 5.98. The standard InChI is InChI=1S/C21H27N3O3/c1-4-22-21(24-10-9-15-7-5-6-8-19(15)24)23-14-20(25)16-11-17(26-2)13-18(12-16)27-3/h5-8,11-13,20,25H,4,9-10,14H2,1-3H3,(H,22,23). The van der Waals surface area contributed by atoms with Gasteiger partial charge < -0.3 is 24.8 Å². The van der Waals surface area contributed by atoms with Crippen LogP contribution in [0.3, 0.4) is 0 Å². The van der Waals surface area contributed by atoms with Crippen molar-refractivity contribution in [1.82, 2.24) is 5.32 Å². The van der Waals surface area contributed by atoms with Crippen molar-refractivity contribution in [3.63, 3.8) is 0 Å². The summed E-state index contributed by atoms with van der Waals surface area (Å²) in [5, 5.41) is 14.0. The molecule has 2 aromatic carbocycles. The third-order valence-electron chi connectivity index (χ3n) is 4.65. The van der Waals surface area contributed by atoms with E-state index in [1.54, 1.807) is 32.4 Å². The van der Waals surface area contributed by atoms with E-state index in [0.717, 1.165) is 25.5 Å². The van der Waals surface area contributed by atoms with Crippen LogP contribution in [-0.2, 0) is 6.42 Å². The van der Waals surface area contributed by atoms with Gasteiger partial charge in [0, 0.05) is 24.8 Å². The molecule has 1 atom stereocenters. The van der Waals surface area contributed by atoms with Crippen LogP contribution in [0.1, 0.15) is 24.2 Å². The van der Waals surface area contributed by atoms with Crippen LogP contribution in [0.4, 0.5) is 5.69 Å². The summed E-state index contributed by atoms with van der Waals surface area (Å²) in [4.78, 5) is 6.86. The average Bonchev–Trinajstić information content (AvgIpc) is 3.14. The van der Waals surface area contributed by atoms with E-state index >= 15 is 0 Å². The normalized spacial score (nSPS) is 14.7. The van der Waals surface area contributed by atoms with Crippen molar-refractivity contribution in [1.29, 1.82) is 0 Å². The van der Waals surface area contributed by atoms with E-state index in [9.17, 15) is 5.11 Å². The Morgan fingerprint density at radius 3 is 2.56 bits per heavy atom. The minimum atomic E-state index is -0.750. The van der Waals surface area contributed by atoms with E-state index in [4.69, 9.17) is 9.47 Å². The number of aliphatic imine (C=N–C) groups is 1. The minimum Gasteiger partial charge on any atom is -0.497 e. The topological polar surface area (TPSA) is 66.3 Å². The Balaban J connectivity index is 1.80. The smallest absolute Gasteiger partial charge is 0.198 e. The number of ether oxygens (including phenoxy) is 2. The minimum absolute atomic E-state index is 0.247. The summed E-state index contributed by atoms with van der Waals surface area (Å²) >= 11 is 0. The second-order valence-electron chi connectivity index (χ2n) is 6.39. The zero-order chi connectivity index (χ0) is 19.2. The van der Waals surface area contributed by atoms with Crippen LogP contribution in [0.2, 0.25) is 0 Å². The Kier molecular flexibility index (Phi) is 6.19.